The van der Waals surface area contributed by atoms with Crippen molar-refractivity contribution < 1.29 is 19.5 Å². The van der Waals surface area contributed by atoms with Crippen molar-refractivity contribution in [1.82, 2.24) is 4.90 Å². The highest BCUT2D eigenvalue weighted by molar-refractivity contribution is 6.07. The van der Waals surface area contributed by atoms with E-state index in [2.05, 4.69) is 13.8 Å². The molecule has 0 aromatic heterocycles. The second kappa shape index (κ2) is 48.1. The van der Waals surface area contributed by atoms with Crippen LogP contribution in [0.25, 0.3) is 0 Å². The Labute approximate surface area is 373 Å². The lowest BCUT2D eigenvalue weighted by Gasteiger charge is -2.25. The molecule has 0 aliphatic heterocycles. The average molecular weight is 843 g/mol. The molecular formula is C54H102N2O4. The van der Waals surface area contributed by atoms with Gasteiger partial charge in [-0.3, -0.25) is 14.5 Å². The summed E-state index contributed by atoms with van der Waals surface area (Å²) in [5.74, 6) is -2.22. The number of carbonyl (C=O) groups is 3. The maximum absolute atomic E-state index is 13.3. The van der Waals surface area contributed by atoms with E-state index in [0.717, 1.165) is 43.4 Å². The Morgan fingerprint density at radius 2 is 0.650 bits per heavy atom. The summed E-state index contributed by atoms with van der Waals surface area (Å²) in [4.78, 5) is 39.8. The van der Waals surface area contributed by atoms with E-state index in [9.17, 15) is 19.5 Å². The van der Waals surface area contributed by atoms with Crippen LogP contribution < -0.4 is 5.73 Å². The summed E-state index contributed by atoms with van der Waals surface area (Å²) in [5.41, 5.74) is 5.65. The van der Waals surface area contributed by atoms with Crippen molar-refractivity contribution in [2.24, 2.45) is 5.73 Å². The number of nitrogens with two attached hydrogens (primary N) is 1. The first-order chi connectivity index (χ1) is 29.5. The molecule has 0 aliphatic carbocycles. The van der Waals surface area contributed by atoms with Gasteiger partial charge in [-0.05, 0) is 63.6 Å². The molecule has 0 unspecified atom stereocenters. The number of hydrogen-bond acceptors (Lipinski definition) is 4. The first-order valence-electron chi connectivity index (χ1n) is 26.6. The summed E-state index contributed by atoms with van der Waals surface area (Å²) >= 11 is 0. The van der Waals surface area contributed by atoms with Crippen LogP contribution in [-0.4, -0.2) is 40.4 Å². The monoisotopic (exact) mass is 843 g/mol. The van der Waals surface area contributed by atoms with Crippen molar-refractivity contribution in [2.75, 3.05) is 6.54 Å². The van der Waals surface area contributed by atoms with E-state index in [0.29, 0.717) is 19.4 Å². The quantitative estimate of drug-likeness (QED) is 0.0469. The van der Waals surface area contributed by atoms with E-state index in [1.807, 2.05) is 12.2 Å². The summed E-state index contributed by atoms with van der Waals surface area (Å²) in [6, 6.07) is -1.18. The molecule has 0 rings (SSSR count). The molecule has 3 N–H and O–H groups in total. The zero-order valence-electron chi connectivity index (χ0n) is 40.2. The third-order valence-corrected chi connectivity index (χ3v) is 12.5. The van der Waals surface area contributed by atoms with E-state index < -0.39 is 23.8 Å². The van der Waals surface area contributed by atoms with Gasteiger partial charge in [0.05, 0.1) is 0 Å². The van der Waals surface area contributed by atoms with Gasteiger partial charge < -0.3 is 10.8 Å². The van der Waals surface area contributed by atoms with Crippen LogP contribution in [0.4, 0.5) is 0 Å². The van der Waals surface area contributed by atoms with Gasteiger partial charge in [0.25, 0.3) is 11.8 Å². The Hall–Kier alpha value is -1.95. The summed E-state index contributed by atoms with van der Waals surface area (Å²) in [5, 5.41) is 10.0. The molecule has 352 valence electrons. The fourth-order valence-corrected chi connectivity index (χ4v) is 8.47. The third kappa shape index (κ3) is 40.1. The van der Waals surface area contributed by atoms with Crippen LogP contribution in [0.2, 0.25) is 0 Å². The largest absolute Gasteiger partial charge is 0.480 e. The van der Waals surface area contributed by atoms with Gasteiger partial charge in [0.15, 0.2) is 0 Å². The molecule has 1 atom stereocenters. The van der Waals surface area contributed by atoms with Gasteiger partial charge >= 0.3 is 5.97 Å². The van der Waals surface area contributed by atoms with Crippen molar-refractivity contribution in [3.63, 3.8) is 0 Å². The minimum Gasteiger partial charge on any atom is -0.480 e. The molecule has 2 amide bonds. The fraction of sp³-hybridized carbons (Fsp3) is 0.870. The Kier molecular flexibility index (Phi) is 46.5. The molecule has 0 spiro atoms. The number of allylic oxidation sites excluding steroid dienone is 2. The van der Waals surface area contributed by atoms with E-state index >= 15 is 0 Å². The predicted octanol–water partition coefficient (Wildman–Crippen LogP) is 16.7. The molecule has 0 bridgehead atoms. The van der Waals surface area contributed by atoms with E-state index in [1.165, 1.54) is 230 Å². The number of amides is 2. The van der Waals surface area contributed by atoms with Gasteiger partial charge in [0.2, 0.25) is 0 Å². The summed E-state index contributed by atoms with van der Waals surface area (Å²) in [6.45, 7) is 5.02. The summed E-state index contributed by atoms with van der Waals surface area (Å²) in [6.07, 6.45) is 60.3. The fourth-order valence-electron chi connectivity index (χ4n) is 8.47. The standard InChI is InChI=1S/C54H102N2O4/c1-3-5-7-9-11-13-15-17-19-21-23-25-27-29-31-33-35-37-39-41-43-48-52(57)56(51(54(59)60)47-45-46-50-55)53(58)49-44-42-40-38-36-34-32-30-28-26-24-22-20-18-16-14-12-10-8-6-4-2/h43-44,48-49,51H,3-42,45-47,50,55H2,1-2H3,(H,59,60)/t51-/m0/s1. The number of imide groups is 1. The van der Waals surface area contributed by atoms with E-state index in [4.69, 9.17) is 5.73 Å². The lowest BCUT2D eigenvalue weighted by Crippen LogP contribution is -2.47. The number of unbranched alkanes of at least 4 members (excludes halogenated alkanes) is 39. The van der Waals surface area contributed by atoms with Crippen LogP contribution in [0.15, 0.2) is 24.3 Å². The van der Waals surface area contributed by atoms with Crippen LogP contribution in [0.1, 0.15) is 290 Å². The van der Waals surface area contributed by atoms with Gasteiger partial charge in [-0.1, -0.05) is 257 Å². The number of carboxylic acids is 1. The minimum atomic E-state index is -1.18. The van der Waals surface area contributed by atoms with Gasteiger partial charge in [0.1, 0.15) is 6.04 Å². The zero-order valence-corrected chi connectivity index (χ0v) is 40.2. The van der Waals surface area contributed by atoms with Gasteiger partial charge in [0, 0.05) is 0 Å². The van der Waals surface area contributed by atoms with E-state index in [1.54, 1.807) is 0 Å². The molecular weight excluding hydrogens is 741 g/mol. The Morgan fingerprint density at radius 1 is 0.400 bits per heavy atom. The molecule has 6 heteroatoms. The number of aliphatic carboxylic acids is 1. The lowest BCUT2D eigenvalue weighted by molar-refractivity contribution is -0.154. The first-order valence-corrected chi connectivity index (χ1v) is 26.6. The van der Waals surface area contributed by atoms with Gasteiger partial charge in [-0.15, -0.1) is 0 Å². The molecule has 0 saturated carbocycles. The maximum Gasteiger partial charge on any atom is 0.326 e. The molecule has 0 aromatic carbocycles. The Bertz CT molecular complexity index is 930. The first kappa shape index (κ1) is 58.0. The third-order valence-electron chi connectivity index (χ3n) is 12.5. The van der Waals surface area contributed by atoms with Crippen molar-refractivity contribution in [3.8, 4) is 0 Å². The molecule has 0 aliphatic rings. The topological polar surface area (TPSA) is 101 Å². The molecule has 0 saturated heterocycles. The number of carbonyl (C=O) groups excluding carboxylic acids is 2. The average Bonchev–Trinajstić information content (AvgIpc) is 3.24. The molecule has 0 aromatic rings. The number of hydrogen-bond donors (Lipinski definition) is 2. The highest BCUT2D eigenvalue weighted by Crippen LogP contribution is 2.18. The summed E-state index contributed by atoms with van der Waals surface area (Å²) in [7, 11) is 0. The molecule has 60 heavy (non-hydrogen) atoms. The number of rotatable bonds is 48. The van der Waals surface area contributed by atoms with Crippen molar-refractivity contribution in [3.05, 3.63) is 24.3 Å². The Morgan fingerprint density at radius 3 is 0.883 bits per heavy atom. The Balaban J connectivity index is 4.19. The second-order valence-corrected chi connectivity index (χ2v) is 18.3. The number of carboxylic acid groups (broad SMARTS) is 1. The van der Waals surface area contributed by atoms with Crippen LogP contribution in [0, 0.1) is 0 Å². The highest BCUT2D eigenvalue weighted by atomic mass is 16.4. The molecule has 6 nitrogen and oxygen atoms in total. The SMILES string of the molecule is CCCCCCCCCCCCCCCCCCCCCC=CC(=O)N(C(=O)C=CCCCCCCCCCCCCCCCCCCCCC)[C@@H](CCCCN)C(=O)O. The normalized spacial score (nSPS) is 12.2. The summed E-state index contributed by atoms with van der Waals surface area (Å²) < 4.78 is 0. The van der Waals surface area contributed by atoms with E-state index in [-0.39, 0.29) is 6.42 Å². The predicted molar refractivity (Wildman–Crippen MR) is 260 cm³/mol. The number of nitrogens with zero attached hydrogens (tertiary/aromatic N) is 1. The lowest BCUT2D eigenvalue weighted by atomic mass is 10.0. The smallest absolute Gasteiger partial charge is 0.326 e. The van der Waals surface area contributed by atoms with Crippen LogP contribution in [0.5, 0.6) is 0 Å². The van der Waals surface area contributed by atoms with Crippen LogP contribution in [0.3, 0.4) is 0 Å². The van der Waals surface area contributed by atoms with Gasteiger partial charge in [-0.25, -0.2) is 4.79 Å². The zero-order chi connectivity index (χ0) is 43.8. The van der Waals surface area contributed by atoms with Gasteiger partial charge in [-0.2, -0.15) is 0 Å². The van der Waals surface area contributed by atoms with Crippen molar-refractivity contribution in [2.45, 2.75) is 296 Å². The molecule has 0 fully saturated rings. The van der Waals surface area contributed by atoms with Crippen molar-refractivity contribution in [1.29, 1.82) is 0 Å². The minimum absolute atomic E-state index is 0.213. The maximum atomic E-state index is 13.3. The van der Waals surface area contributed by atoms with Crippen molar-refractivity contribution >= 4 is 17.8 Å². The second-order valence-electron chi connectivity index (χ2n) is 18.3. The molecule has 0 heterocycles. The van der Waals surface area contributed by atoms with Crippen LogP contribution >= 0.6 is 0 Å². The highest BCUT2D eigenvalue weighted by Gasteiger charge is 2.32. The molecule has 0 radical (unpaired) electrons. The van der Waals surface area contributed by atoms with Crippen LogP contribution in [-0.2, 0) is 14.4 Å².